The van der Waals surface area contributed by atoms with Crippen LogP contribution in [0.1, 0.15) is 0 Å². The summed E-state index contributed by atoms with van der Waals surface area (Å²) < 4.78 is 8.52. The minimum absolute atomic E-state index is 0. The van der Waals surface area contributed by atoms with Crippen LogP contribution in [0.3, 0.4) is 0 Å². The van der Waals surface area contributed by atoms with Crippen LogP contribution in [0.2, 0.25) is 0 Å². The van der Waals surface area contributed by atoms with E-state index in [0.29, 0.717) is 0 Å². The Bertz CT molecular complexity index is 73.7. The fourth-order valence-electron chi connectivity index (χ4n) is 0. The molecule has 48 valence electrons. The molecule has 0 atom stereocenters. The van der Waals surface area contributed by atoms with Gasteiger partial charge in [0.1, 0.15) is 0 Å². The van der Waals surface area contributed by atoms with Crippen LogP contribution in [0.4, 0.5) is 4.79 Å². The number of rotatable bonds is 0. The molecule has 0 radical (unpaired) electrons. The number of hydrogen-bond acceptors (Lipinski definition) is 6. The van der Waals surface area contributed by atoms with Crippen LogP contribution in [0.5, 0.6) is 0 Å². The third-order valence-corrected chi connectivity index (χ3v) is 0. The molecule has 0 aliphatic rings. The molecule has 10 heavy (non-hydrogen) atoms. The zero-order valence-corrected chi connectivity index (χ0v) is 10.3. The van der Waals surface area contributed by atoms with Crippen LogP contribution in [0, 0.1) is 0 Å². The van der Waals surface area contributed by atoms with Crippen molar-refractivity contribution >= 4 is 90.8 Å². The Labute approximate surface area is 118 Å². The fraction of sp³-hybridized carbons (Fsp3) is 0. The molecular formula is CCa2O6Si. The Morgan fingerprint density at radius 1 is 1.10 bits per heavy atom. The van der Waals surface area contributed by atoms with E-state index in [4.69, 9.17) is 29.1 Å². The summed E-state index contributed by atoms with van der Waals surface area (Å²) >= 11 is 0. The summed E-state index contributed by atoms with van der Waals surface area (Å²) in [5, 5.41) is 16.7. The SMILES string of the molecule is O=C([O-])[O-].O=[Si]([O-])[O-].[Ca+2].[Ca+2]. The van der Waals surface area contributed by atoms with Gasteiger partial charge in [-0.2, -0.15) is 0 Å². The van der Waals surface area contributed by atoms with Crippen LogP contribution >= 0.6 is 0 Å². The van der Waals surface area contributed by atoms with E-state index in [-0.39, 0.29) is 75.5 Å². The molecule has 0 saturated heterocycles. The van der Waals surface area contributed by atoms with Crippen molar-refractivity contribution < 1.29 is 29.1 Å². The van der Waals surface area contributed by atoms with Gasteiger partial charge in [-0.05, 0) is 6.16 Å². The first-order valence-corrected chi connectivity index (χ1v) is 2.45. The van der Waals surface area contributed by atoms with Crippen LogP contribution in [-0.4, -0.2) is 90.8 Å². The molecular weight excluding hydrogens is 216 g/mol. The van der Waals surface area contributed by atoms with E-state index in [1.165, 1.54) is 0 Å². The summed E-state index contributed by atoms with van der Waals surface area (Å²) in [4.78, 5) is 25.4. The number of carbonyl (C=O) groups excluding carboxylic acids is 1. The van der Waals surface area contributed by atoms with Crippen molar-refractivity contribution in [1.82, 2.24) is 0 Å². The molecule has 6 nitrogen and oxygen atoms in total. The summed E-state index contributed by atoms with van der Waals surface area (Å²) in [5.74, 6) is 0. The largest absolute Gasteiger partial charge is 2.00 e. The predicted octanol–water partition coefficient (Wildman–Crippen LogP) is -6.09. The third-order valence-electron chi connectivity index (χ3n) is 0. The van der Waals surface area contributed by atoms with Crippen molar-refractivity contribution in [3.63, 3.8) is 0 Å². The Balaban J connectivity index is -0.0000000300. The summed E-state index contributed by atoms with van der Waals surface area (Å²) in [5.41, 5.74) is 0. The van der Waals surface area contributed by atoms with E-state index in [9.17, 15) is 0 Å². The Morgan fingerprint density at radius 3 is 1.10 bits per heavy atom. The number of carboxylic acid groups (broad SMARTS) is 2. The van der Waals surface area contributed by atoms with Crippen LogP contribution in [0.15, 0.2) is 0 Å². The first-order chi connectivity index (χ1) is 3.46. The minimum Gasteiger partial charge on any atom is -0.672 e. The van der Waals surface area contributed by atoms with Crippen LogP contribution < -0.4 is 19.8 Å². The number of hydrogen-bond donors (Lipinski definition) is 0. The maximum atomic E-state index is 8.52. The van der Waals surface area contributed by atoms with Crippen molar-refractivity contribution in [3.05, 3.63) is 0 Å². The normalized spacial score (nSPS) is 4.80. The van der Waals surface area contributed by atoms with Crippen molar-refractivity contribution in [1.29, 1.82) is 0 Å². The third kappa shape index (κ3) is 336. The Kier molecular flexibility index (Phi) is 37.8. The van der Waals surface area contributed by atoms with Crippen molar-refractivity contribution in [2.45, 2.75) is 0 Å². The summed E-state index contributed by atoms with van der Waals surface area (Å²) in [6.07, 6.45) is -2.33. The van der Waals surface area contributed by atoms with E-state index in [1.807, 2.05) is 0 Å². The second kappa shape index (κ2) is 16.8. The average Bonchev–Trinajstić information content (AvgIpc) is 1.25. The van der Waals surface area contributed by atoms with Gasteiger partial charge in [0.2, 0.25) is 0 Å². The molecule has 0 bridgehead atoms. The monoisotopic (exact) mass is 216 g/mol. The Hall–Kier alpha value is 1.41. The van der Waals surface area contributed by atoms with Crippen molar-refractivity contribution in [3.8, 4) is 0 Å². The standard InChI is InChI=1S/CH2O3.2Ca.O3Si/c2-1(3)4;;;1-4(2)3/h(H2,2,3,4);;;/q;2*+2;-2/p-2. The van der Waals surface area contributed by atoms with Gasteiger partial charge >= 0.3 is 75.5 Å². The summed E-state index contributed by atoms with van der Waals surface area (Å²) in [6.45, 7) is 0. The van der Waals surface area contributed by atoms with E-state index < -0.39 is 15.3 Å². The molecule has 0 aliphatic heterocycles. The van der Waals surface area contributed by atoms with Crippen molar-refractivity contribution in [2.75, 3.05) is 0 Å². The molecule has 0 fully saturated rings. The smallest absolute Gasteiger partial charge is 0.672 e. The quantitative estimate of drug-likeness (QED) is 0.371. The molecule has 9 heteroatoms. The molecule has 0 aromatic heterocycles. The molecule has 0 saturated carbocycles. The van der Waals surface area contributed by atoms with Crippen LogP contribution in [0.25, 0.3) is 0 Å². The molecule has 0 N–H and O–H groups in total. The van der Waals surface area contributed by atoms with Crippen molar-refractivity contribution in [2.24, 2.45) is 0 Å². The van der Waals surface area contributed by atoms with Gasteiger partial charge in [0.05, 0.1) is 0 Å². The van der Waals surface area contributed by atoms with Gasteiger partial charge in [-0.15, -0.1) is 0 Å². The zero-order valence-electron chi connectivity index (χ0n) is 4.86. The molecule has 0 aliphatic carbocycles. The minimum atomic E-state index is -3.63. The van der Waals surface area contributed by atoms with E-state index >= 15 is 0 Å². The molecule has 0 aromatic carbocycles. The molecule has 0 spiro atoms. The molecule has 0 amide bonds. The summed E-state index contributed by atoms with van der Waals surface area (Å²) in [6, 6.07) is 0. The van der Waals surface area contributed by atoms with Gasteiger partial charge in [-0.3, -0.25) is 0 Å². The fourth-order valence-corrected chi connectivity index (χ4v) is 0. The zero-order chi connectivity index (χ0) is 7.15. The van der Waals surface area contributed by atoms with Gasteiger partial charge in [-0.25, -0.2) is 0 Å². The van der Waals surface area contributed by atoms with Gasteiger partial charge in [0.25, 0.3) is 0 Å². The first-order valence-electron chi connectivity index (χ1n) is 1.22. The number of carbonyl (C=O) groups is 1. The maximum Gasteiger partial charge on any atom is 2.00 e. The molecule has 0 aromatic rings. The van der Waals surface area contributed by atoms with E-state index in [1.54, 1.807) is 0 Å². The first kappa shape index (κ1) is 22.5. The molecule has 0 rings (SSSR count). The second-order valence-electron chi connectivity index (χ2n) is 0.500. The van der Waals surface area contributed by atoms with Crippen LogP contribution in [-0.2, 0) is 4.46 Å². The van der Waals surface area contributed by atoms with E-state index in [2.05, 4.69) is 0 Å². The van der Waals surface area contributed by atoms with Gasteiger partial charge < -0.3 is 29.1 Å². The Morgan fingerprint density at radius 2 is 1.10 bits per heavy atom. The van der Waals surface area contributed by atoms with Gasteiger partial charge in [0.15, 0.2) is 0 Å². The maximum absolute atomic E-state index is 8.52. The topological polar surface area (TPSA) is 126 Å². The second-order valence-corrected chi connectivity index (χ2v) is 1.00. The summed E-state index contributed by atoms with van der Waals surface area (Å²) in [7, 11) is -3.63. The molecule has 0 unspecified atom stereocenters. The average molecular weight is 216 g/mol. The predicted molar refractivity (Wildman–Crippen MR) is 23.3 cm³/mol. The van der Waals surface area contributed by atoms with E-state index in [0.717, 1.165) is 0 Å². The van der Waals surface area contributed by atoms with Gasteiger partial charge in [0, 0.05) is 9.17 Å². The molecule has 0 heterocycles. The van der Waals surface area contributed by atoms with Gasteiger partial charge in [-0.1, -0.05) is 0 Å².